The zero-order valence-electron chi connectivity index (χ0n) is 30.4. The predicted molar refractivity (Wildman–Crippen MR) is 233 cm³/mol. The smallest absolute Gasteiger partial charge is 0.0809 e. The molecule has 0 aliphatic carbocycles. The van der Waals surface area contributed by atoms with Crippen molar-refractivity contribution in [2.45, 2.75) is 0 Å². The lowest BCUT2D eigenvalue weighted by molar-refractivity contribution is 1.15. The highest BCUT2D eigenvalue weighted by Gasteiger charge is 2.25. The predicted octanol–water partition coefficient (Wildman–Crippen LogP) is 13.4. The number of hydrogen-bond acceptors (Lipinski definition) is 0. The largest absolute Gasteiger partial charge is 0.314 e. The van der Waals surface area contributed by atoms with Crippen LogP contribution in [0.3, 0.4) is 0 Å². The number of rotatable bonds is 5. The molecule has 0 saturated heterocycles. The van der Waals surface area contributed by atoms with Crippen LogP contribution in [0.5, 0.6) is 0 Å². The highest BCUT2D eigenvalue weighted by atomic mass is 15.0. The van der Waals surface area contributed by atoms with E-state index in [4.69, 9.17) is 0 Å². The molecule has 0 spiro atoms. The molecule has 262 valence electrons. The van der Waals surface area contributed by atoms with E-state index >= 15 is 0 Å². The molecule has 4 heteroatoms. The van der Waals surface area contributed by atoms with Gasteiger partial charge in [0.2, 0.25) is 0 Å². The minimum atomic E-state index is 1.15. The molecule has 56 heavy (non-hydrogen) atoms. The normalized spacial score (nSPS) is 11.9. The average Bonchev–Trinajstić information content (AvgIpc) is 3.99. The summed E-state index contributed by atoms with van der Waals surface area (Å²) < 4.78 is 9.64. The molecule has 0 N–H and O–H groups in total. The summed E-state index contributed by atoms with van der Waals surface area (Å²) in [6.45, 7) is 0. The summed E-state index contributed by atoms with van der Waals surface area (Å²) in [4.78, 5) is 0. The van der Waals surface area contributed by atoms with E-state index in [1.807, 2.05) is 0 Å². The van der Waals surface area contributed by atoms with E-state index in [0.29, 0.717) is 0 Å². The molecule has 0 amide bonds. The second-order valence-corrected chi connectivity index (χ2v) is 14.6. The molecule has 0 aliphatic rings. The van der Waals surface area contributed by atoms with Gasteiger partial charge in [0.05, 0.1) is 44.5 Å². The summed E-state index contributed by atoms with van der Waals surface area (Å²) in [6, 6.07) is 70.3. The van der Waals surface area contributed by atoms with Crippen LogP contribution in [0, 0.1) is 0 Å². The number of nitrogens with zero attached hydrogens (tertiary/aromatic N) is 4. The number of fused-ring (bicyclic) bond motifs is 10. The second kappa shape index (κ2) is 12.0. The molecule has 0 fully saturated rings. The van der Waals surface area contributed by atoms with Crippen molar-refractivity contribution in [3.05, 3.63) is 207 Å². The van der Waals surface area contributed by atoms with Crippen LogP contribution in [-0.2, 0) is 0 Å². The van der Waals surface area contributed by atoms with Gasteiger partial charge in [-0.25, -0.2) is 0 Å². The Bertz CT molecular complexity index is 3200. The van der Waals surface area contributed by atoms with Crippen molar-refractivity contribution >= 4 is 54.6 Å². The van der Waals surface area contributed by atoms with Crippen LogP contribution in [0.4, 0.5) is 0 Å². The SMILES string of the molecule is c1ccc(-c2c3c(c4cc(-c5ccc6c(c5)c5c(c(-c7ccccc7)n7ccccc57)n6-c5ccccc5)ccc4n3-c3ccccc3)c3ccccn23)cc1. The summed E-state index contributed by atoms with van der Waals surface area (Å²) >= 11 is 0. The van der Waals surface area contributed by atoms with Gasteiger partial charge < -0.3 is 17.9 Å². The topological polar surface area (TPSA) is 18.7 Å². The molecule has 6 aromatic carbocycles. The van der Waals surface area contributed by atoms with Crippen LogP contribution in [0.2, 0.25) is 0 Å². The van der Waals surface area contributed by atoms with Gasteiger partial charge >= 0.3 is 0 Å². The maximum absolute atomic E-state index is 2.45. The van der Waals surface area contributed by atoms with E-state index in [9.17, 15) is 0 Å². The Morgan fingerprint density at radius 2 is 0.661 bits per heavy atom. The standard InChI is InChI=1S/C52H34N4/c1-5-17-35(18-6-1)49-51-47(45-25-13-15-31-53(45)49)41-33-37(27-29-43(41)55(51)39-21-9-3-10-22-39)38-28-30-44-42(34-38)48-46-26-14-16-32-54(46)50(36-19-7-2-8-20-36)52(48)56(44)40-23-11-4-12-24-40/h1-34H. The molecule has 0 bridgehead atoms. The Kier molecular flexibility index (Phi) is 6.60. The summed E-state index contributed by atoms with van der Waals surface area (Å²) in [5.74, 6) is 0. The van der Waals surface area contributed by atoms with E-state index in [-0.39, 0.29) is 0 Å². The Balaban J connectivity index is 1.17. The molecule has 4 nitrogen and oxygen atoms in total. The molecular weight excluding hydrogens is 681 g/mol. The van der Waals surface area contributed by atoms with Crippen LogP contribution in [-0.4, -0.2) is 17.9 Å². The molecule has 0 unspecified atom stereocenters. The Morgan fingerprint density at radius 3 is 1.07 bits per heavy atom. The van der Waals surface area contributed by atoms with Crippen LogP contribution in [0.1, 0.15) is 0 Å². The van der Waals surface area contributed by atoms with Crippen molar-refractivity contribution in [1.29, 1.82) is 0 Å². The summed E-state index contributed by atoms with van der Waals surface area (Å²) in [5, 5.41) is 4.99. The maximum atomic E-state index is 2.45. The third kappa shape index (κ3) is 4.35. The van der Waals surface area contributed by atoms with Crippen LogP contribution < -0.4 is 0 Å². The molecule has 0 aliphatic heterocycles. The first kappa shape index (κ1) is 30.9. The number of pyridine rings is 2. The first-order valence-electron chi connectivity index (χ1n) is 19.2. The zero-order chi connectivity index (χ0) is 36.7. The fourth-order valence-electron chi connectivity index (χ4n) is 9.25. The average molecular weight is 715 g/mol. The molecule has 0 saturated carbocycles. The van der Waals surface area contributed by atoms with E-state index in [2.05, 4.69) is 224 Å². The lowest BCUT2D eigenvalue weighted by Crippen LogP contribution is -1.96. The second-order valence-electron chi connectivity index (χ2n) is 14.6. The van der Waals surface area contributed by atoms with Crippen LogP contribution in [0.15, 0.2) is 207 Å². The summed E-state index contributed by atoms with van der Waals surface area (Å²) in [5.41, 5.74) is 16.7. The van der Waals surface area contributed by atoms with E-state index in [1.54, 1.807) is 0 Å². The van der Waals surface area contributed by atoms with Gasteiger partial charge in [-0.15, -0.1) is 0 Å². The van der Waals surface area contributed by atoms with Crippen LogP contribution >= 0.6 is 0 Å². The van der Waals surface area contributed by atoms with Crippen LogP contribution in [0.25, 0.3) is 99.7 Å². The van der Waals surface area contributed by atoms with Crippen molar-refractivity contribution in [3.63, 3.8) is 0 Å². The Morgan fingerprint density at radius 1 is 0.286 bits per heavy atom. The van der Waals surface area contributed by atoms with Gasteiger partial charge in [0.1, 0.15) is 0 Å². The fraction of sp³-hybridized carbons (Fsp3) is 0. The minimum absolute atomic E-state index is 1.15. The van der Waals surface area contributed by atoms with Crippen molar-refractivity contribution in [3.8, 4) is 45.0 Å². The van der Waals surface area contributed by atoms with Crippen molar-refractivity contribution in [2.24, 2.45) is 0 Å². The Labute approximate surface area is 323 Å². The number of para-hydroxylation sites is 2. The first-order chi connectivity index (χ1) is 27.8. The van der Waals surface area contributed by atoms with Crippen molar-refractivity contribution in [1.82, 2.24) is 17.9 Å². The van der Waals surface area contributed by atoms with Crippen molar-refractivity contribution < 1.29 is 0 Å². The monoisotopic (exact) mass is 714 g/mol. The lowest BCUT2D eigenvalue weighted by Gasteiger charge is -2.12. The summed E-state index contributed by atoms with van der Waals surface area (Å²) in [7, 11) is 0. The Hall–Kier alpha value is -7.56. The highest BCUT2D eigenvalue weighted by Crippen LogP contribution is 2.46. The van der Waals surface area contributed by atoms with Gasteiger partial charge in [-0.2, -0.15) is 0 Å². The zero-order valence-corrected chi connectivity index (χ0v) is 30.4. The van der Waals surface area contributed by atoms with E-state index in [1.165, 1.54) is 88.3 Å². The molecule has 0 radical (unpaired) electrons. The molecule has 12 rings (SSSR count). The van der Waals surface area contributed by atoms with Gasteiger partial charge in [-0.1, -0.05) is 121 Å². The third-order valence-corrected chi connectivity index (χ3v) is 11.6. The van der Waals surface area contributed by atoms with E-state index in [0.717, 1.165) is 11.4 Å². The minimum Gasteiger partial charge on any atom is -0.314 e. The van der Waals surface area contributed by atoms with Gasteiger partial charge in [-0.05, 0) is 83.9 Å². The molecule has 0 atom stereocenters. The first-order valence-corrected chi connectivity index (χ1v) is 19.2. The highest BCUT2D eigenvalue weighted by molar-refractivity contribution is 6.23. The van der Waals surface area contributed by atoms with Gasteiger partial charge in [0.15, 0.2) is 0 Å². The number of hydrogen-bond donors (Lipinski definition) is 0. The van der Waals surface area contributed by atoms with E-state index < -0.39 is 0 Å². The molecular formula is C52H34N4. The summed E-state index contributed by atoms with van der Waals surface area (Å²) in [6.07, 6.45) is 4.40. The number of aromatic nitrogens is 4. The van der Waals surface area contributed by atoms with Crippen molar-refractivity contribution in [2.75, 3.05) is 0 Å². The van der Waals surface area contributed by atoms with Gasteiger partial charge in [0.25, 0.3) is 0 Å². The fourth-order valence-corrected chi connectivity index (χ4v) is 9.25. The quantitative estimate of drug-likeness (QED) is 0.169. The van der Waals surface area contributed by atoms with Gasteiger partial charge in [0, 0.05) is 56.4 Å². The number of benzene rings is 6. The molecule has 12 aromatic rings. The van der Waals surface area contributed by atoms with Gasteiger partial charge in [-0.3, -0.25) is 0 Å². The lowest BCUT2D eigenvalue weighted by atomic mass is 10.0. The molecule has 6 aromatic heterocycles. The third-order valence-electron chi connectivity index (χ3n) is 11.6. The maximum Gasteiger partial charge on any atom is 0.0809 e. The molecule has 6 heterocycles.